The Morgan fingerprint density at radius 3 is 2.64 bits per heavy atom. The van der Waals surface area contributed by atoms with E-state index in [4.69, 9.17) is 0 Å². The Morgan fingerprint density at radius 1 is 1.29 bits per heavy atom. The number of allylic oxidation sites excluding steroid dienone is 2. The first kappa shape index (κ1) is 11.4. The standard InChI is InChI=1S/C12H13IO/c13-10-6-2-5-9-12(14)11-7-3-1-4-8-11/h1,3-5,7-9H,2,6,10H2/b9-5+. The topological polar surface area (TPSA) is 17.1 Å². The summed E-state index contributed by atoms with van der Waals surface area (Å²) in [5, 5.41) is 0. The maximum atomic E-state index is 11.5. The van der Waals surface area contributed by atoms with E-state index in [1.54, 1.807) is 6.08 Å². The molecule has 0 spiro atoms. The number of carbonyl (C=O) groups excluding carboxylic acids is 1. The highest BCUT2D eigenvalue weighted by atomic mass is 127. The molecule has 0 amide bonds. The van der Waals surface area contributed by atoms with E-state index in [-0.39, 0.29) is 5.78 Å². The largest absolute Gasteiger partial charge is 0.289 e. The highest BCUT2D eigenvalue weighted by Gasteiger charge is 1.97. The van der Waals surface area contributed by atoms with Crippen LogP contribution in [-0.4, -0.2) is 10.2 Å². The van der Waals surface area contributed by atoms with E-state index in [9.17, 15) is 4.79 Å². The minimum Gasteiger partial charge on any atom is -0.289 e. The quantitative estimate of drug-likeness (QED) is 0.267. The van der Waals surface area contributed by atoms with Gasteiger partial charge < -0.3 is 0 Å². The lowest BCUT2D eigenvalue weighted by Crippen LogP contribution is -1.92. The van der Waals surface area contributed by atoms with E-state index in [0.717, 1.165) is 22.8 Å². The first-order chi connectivity index (χ1) is 6.84. The van der Waals surface area contributed by atoms with Crippen molar-refractivity contribution < 1.29 is 4.79 Å². The van der Waals surface area contributed by atoms with E-state index in [0.29, 0.717) is 0 Å². The van der Waals surface area contributed by atoms with Crippen LogP contribution in [-0.2, 0) is 0 Å². The van der Waals surface area contributed by atoms with E-state index < -0.39 is 0 Å². The molecule has 1 rings (SSSR count). The number of rotatable bonds is 5. The third kappa shape index (κ3) is 4.05. The molecular formula is C12H13IO. The molecule has 0 fully saturated rings. The van der Waals surface area contributed by atoms with E-state index in [2.05, 4.69) is 22.6 Å². The third-order valence-corrected chi connectivity index (χ3v) is 2.59. The molecule has 1 nitrogen and oxygen atoms in total. The Balaban J connectivity index is 2.47. The summed E-state index contributed by atoms with van der Waals surface area (Å²) in [7, 11) is 0. The van der Waals surface area contributed by atoms with E-state index >= 15 is 0 Å². The van der Waals surface area contributed by atoms with Gasteiger partial charge in [-0.25, -0.2) is 0 Å². The predicted octanol–water partition coefficient (Wildman–Crippen LogP) is 3.64. The molecule has 0 heterocycles. The van der Waals surface area contributed by atoms with Crippen LogP contribution in [0, 0.1) is 0 Å². The first-order valence-corrected chi connectivity index (χ1v) is 6.19. The van der Waals surface area contributed by atoms with Gasteiger partial charge in [-0.3, -0.25) is 4.79 Å². The summed E-state index contributed by atoms with van der Waals surface area (Å²) in [5.41, 5.74) is 0.762. The van der Waals surface area contributed by atoms with Gasteiger partial charge in [0, 0.05) is 5.56 Å². The molecule has 2 heteroatoms. The van der Waals surface area contributed by atoms with Crippen LogP contribution >= 0.6 is 22.6 Å². The van der Waals surface area contributed by atoms with Crippen molar-refractivity contribution in [1.82, 2.24) is 0 Å². The maximum absolute atomic E-state index is 11.5. The fourth-order valence-electron chi connectivity index (χ4n) is 1.08. The van der Waals surface area contributed by atoms with Gasteiger partial charge in [0.05, 0.1) is 0 Å². The zero-order chi connectivity index (χ0) is 10.2. The van der Waals surface area contributed by atoms with Crippen molar-refractivity contribution in [3.63, 3.8) is 0 Å². The molecule has 1 aromatic carbocycles. The number of unbranched alkanes of at least 4 members (excludes halogenated alkanes) is 1. The Kier molecular flexibility index (Phi) is 5.52. The molecule has 0 N–H and O–H groups in total. The van der Waals surface area contributed by atoms with Gasteiger partial charge in [0.25, 0.3) is 0 Å². The first-order valence-electron chi connectivity index (χ1n) is 4.66. The lowest BCUT2D eigenvalue weighted by molar-refractivity contribution is 0.104. The summed E-state index contributed by atoms with van der Waals surface area (Å²) >= 11 is 2.34. The van der Waals surface area contributed by atoms with Crippen LogP contribution in [0.2, 0.25) is 0 Å². The molecular weight excluding hydrogens is 287 g/mol. The molecule has 14 heavy (non-hydrogen) atoms. The van der Waals surface area contributed by atoms with Gasteiger partial charge in [0.2, 0.25) is 0 Å². The highest BCUT2D eigenvalue weighted by Crippen LogP contribution is 2.02. The molecule has 0 radical (unpaired) electrons. The summed E-state index contributed by atoms with van der Waals surface area (Å²) in [6.07, 6.45) is 5.75. The summed E-state index contributed by atoms with van der Waals surface area (Å²) < 4.78 is 1.14. The minimum absolute atomic E-state index is 0.0964. The van der Waals surface area contributed by atoms with Crippen molar-refractivity contribution in [1.29, 1.82) is 0 Å². The Labute approximate surface area is 98.4 Å². The summed E-state index contributed by atoms with van der Waals surface area (Å²) in [6, 6.07) is 9.35. The fraction of sp³-hybridized carbons (Fsp3) is 0.250. The van der Waals surface area contributed by atoms with Crippen LogP contribution in [0.3, 0.4) is 0 Å². The Morgan fingerprint density at radius 2 is 2.00 bits per heavy atom. The predicted molar refractivity (Wildman–Crippen MR) is 68.0 cm³/mol. The summed E-state index contributed by atoms with van der Waals surface area (Å²) in [6.45, 7) is 0. The van der Waals surface area contributed by atoms with Crippen molar-refractivity contribution >= 4 is 28.4 Å². The number of benzene rings is 1. The van der Waals surface area contributed by atoms with Gasteiger partial charge in [0.15, 0.2) is 5.78 Å². The molecule has 0 aromatic heterocycles. The molecule has 74 valence electrons. The van der Waals surface area contributed by atoms with Crippen LogP contribution in [0.4, 0.5) is 0 Å². The number of halogens is 1. The third-order valence-electron chi connectivity index (χ3n) is 1.83. The SMILES string of the molecule is O=C(/C=C/CCCI)c1ccccc1. The smallest absolute Gasteiger partial charge is 0.185 e. The van der Waals surface area contributed by atoms with Crippen molar-refractivity contribution in [2.24, 2.45) is 0 Å². The van der Waals surface area contributed by atoms with Crippen molar-refractivity contribution in [2.75, 3.05) is 4.43 Å². The second kappa shape index (κ2) is 6.76. The number of hydrogen-bond donors (Lipinski definition) is 0. The maximum Gasteiger partial charge on any atom is 0.185 e. The number of carbonyl (C=O) groups is 1. The zero-order valence-corrected chi connectivity index (χ0v) is 10.1. The zero-order valence-electron chi connectivity index (χ0n) is 7.95. The van der Waals surface area contributed by atoms with E-state index in [1.807, 2.05) is 36.4 Å². The molecule has 0 saturated carbocycles. The van der Waals surface area contributed by atoms with Crippen molar-refractivity contribution in [2.45, 2.75) is 12.8 Å². The van der Waals surface area contributed by atoms with Crippen LogP contribution in [0.15, 0.2) is 42.5 Å². The van der Waals surface area contributed by atoms with Crippen LogP contribution < -0.4 is 0 Å². The molecule has 0 aliphatic rings. The average Bonchev–Trinajstić information content (AvgIpc) is 2.25. The van der Waals surface area contributed by atoms with Gasteiger partial charge in [0.1, 0.15) is 0 Å². The molecule has 0 atom stereocenters. The highest BCUT2D eigenvalue weighted by molar-refractivity contribution is 14.1. The average molecular weight is 300 g/mol. The van der Waals surface area contributed by atoms with Crippen molar-refractivity contribution in [3.05, 3.63) is 48.0 Å². The second-order valence-corrected chi connectivity index (χ2v) is 4.04. The van der Waals surface area contributed by atoms with Crippen LogP contribution in [0.1, 0.15) is 23.2 Å². The molecule has 0 bridgehead atoms. The molecule has 0 unspecified atom stereocenters. The van der Waals surface area contributed by atoms with E-state index in [1.165, 1.54) is 0 Å². The van der Waals surface area contributed by atoms with Gasteiger partial charge in [-0.05, 0) is 23.3 Å². The van der Waals surface area contributed by atoms with Gasteiger partial charge in [-0.2, -0.15) is 0 Å². The second-order valence-electron chi connectivity index (χ2n) is 2.96. The Hall–Kier alpha value is -0.640. The number of hydrogen-bond acceptors (Lipinski definition) is 1. The minimum atomic E-state index is 0.0964. The van der Waals surface area contributed by atoms with Gasteiger partial charge in [-0.15, -0.1) is 0 Å². The summed E-state index contributed by atoms with van der Waals surface area (Å²) in [5.74, 6) is 0.0964. The lowest BCUT2D eigenvalue weighted by Gasteiger charge is -1.93. The van der Waals surface area contributed by atoms with Crippen LogP contribution in [0.25, 0.3) is 0 Å². The fourth-order valence-corrected chi connectivity index (χ4v) is 1.52. The normalized spacial score (nSPS) is 10.6. The molecule has 0 aliphatic heterocycles. The Bertz CT molecular complexity index is 303. The molecule has 0 saturated heterocycles. The van der Waals surface area contributed by atoms with Gasteiger partial charge >= 0.3 is 0 Å². The molecule has 1 aromatic rings. The monoisotopic (exact) mass is 300 g/mol. The van der Waals surface area contributed by atoms with Gasteiger partial charge in [-0.1, -0.05) is 59.0 Å². The lowest BCUT2D eigenvalue weighted by atomic mass is 10.1. The van der Waals surface area contributed by atoms with Crippen LogP contribution in [0.5, 0.6) is 0 Å². The number of alkyl halides is 1. The summed E-state index contributed by atoms with van der Waals surface area (Å²) in [4.78, 5) is 11.5. The van der Waals surface area contributed by atoms with Crippen molar-refractivity contribution in [3.8, 4) is 0 Å². The molecule has 0 aliphatic carbocycles. The number of ketones is 1.